The number of aromatic nitrogens is 3. The van der Waals surface area contributed by atoms with Gasteiger partial charge in [0.15, 0.2) is 12.6 Å². The summed E-state index contributed by atoms with van der Waals surface area (Å²) in [5, 5.41) is 63.6. The van der Waals surface area contributed by atoms with E-state index in [-0.39, 0.29) is 36.6 Å². The van der Waals surface area contributed by atoms with Crippen molar-refractivity contribution < 1.29 is 53.6 Å². The highest BCUT2D eigenvalue weighted by Crippen LogP contribution is 2.39. The van der Waals surface area contributed by atoms with Gasteiger partial charge in [-0.25, -0.2) is 0 Å². The molecule has 3 aliphatic rings. The van der Waals surface area contributed by atoms with Crippen molar-refractivity contribution in [1.29, 1.82) is 5.41 Å². The number of nitrogens with one attached hydrogen (secondary N) is 1. The molecule has 2 radical (unpaired) electrons. The average Bonchev–Trinajstić information content (AvgIpc) is 3.56. The van der Waals surface area contributed by atoms with Gasteiger partial charge in [0.1, 0.15) is 30.0 Å². The van der Waals surface area contributed by atoms with Gasteiger partial charge in [0.25, 0.3) is 7.98 Å². The summed E-state index contributed by atoms with van der Waals surface area (Å²) in [7, 11) is 10.9. The second-order valence-corrected chi connectivity index (χ2v) is 17.9. The van der Waals surface area contributed by atoms with Gasteiger partial charge >= 0.3 is 5.97 Å². The zero-order chi connectivity index (χ0) is 42.8. The molecule has 4 heterocycles. The fourth-order valence-corrected chi connectivity index (χ4v) is 8.84. The molecule has 16 atom stereocenters. The number of esters is 1. The highest BCUT2D eigenvalue weighted by Gasteiger charge is 2.51. The van der Waals surface area contributed by atoms with E-state index in [0.29, 0.717) is 31.6 Å². The van der Waals surface area contributed by atoms with Crippen LogP contribution in [0, 0.1) is 23.2 Å². The largest absolute Gasteiger partial charge is 0.462 e. The molecular formula is C39H69BN6O11. The van der Waals surface area contributed by atoms with Crippen molar-refractivity contribution in [3.63, 3.8) is 0 Å². The zero-order valence-corrected chi connectivity index (χ0v) is 36.0. The first kappa shape index (κ1) is 47.6. The number of hydrogen-bond donors (Lipinski definition) is 5. The molecule has 1 aromatic rings. The minimum Gasteiger partial charge on any atom is -0.462 e. The number of carbonyl (C=O) groups is 1. The molecule has 0 saturated carbocycles. The lowest BCUT2D eigenvalue weighted by Gasteiger charge is -2.48. The van der Waals surface area contributed by atoms with E-state index in [2.05, 4.69) is 10.3 Å². The number of aliphatic hydroxyl groups excluding tert-OH is 2. The fourth-order valence-electron chi connectivity index (χ4n) is 8.84. The molecule has 5 N–H and O–H groups in total. The van der Waals surface area contributed by atoms with Crippen LogP contribution in [-0.4, -0.2) is 184 Å². The lowest BCUT2D eigenvalue weighted by Crippen LogP contribution is -2.60. The normalized spacial score (nSPS) is 43.7. The van der Waals surface area contributed by atoms with Crippen molar-refractivity contribution in [2.24, 2.45) is 17.8 Å². The minimum absolute atomic E-state index is 0.138. The van der Waals surface area contributed by atoms with Gasteiger partial charge in [0.2, 0.25) is 0 Å². The third kappa shape index (κ3) is 11.4. The first-order valence-corrected chi connectivity index (χ1v) is 20.2. The highest BCUT2D eigenvalue weighted by molar-refractivity contribution is 6.05. The minimum atomic E-state index is -1.79. The molecule has 3 aliphatic heterocycles. The van der Waals surface area contributed by atoms with E-state index in [9.17, 15) is 25.2 Å². The van der Waals surface area contributed by atoms with Gasteiger partial charge in [0.05, 0.1) is 47.3 Å². The Morgan fingerprint density at radius 1 is 1.05 bits per heavy atom. The average molecular weight is 809 g/mol. The molecule has 324 valence electrons. The van der Waals surface area contributed by atoms with Crippen molar-refractivity contribution in [2.45, 2.75) is 166 Å². The maximum absolute atomic E-state index is 14.0. The van der Waals surface area contributed by atoms with E-state index in [0.717, 1.165) is 4.59 Å². The first-order valence-electron chi connectivity index (χ1n) is 20.2. The van der Waals surface area contributed by atoms with Gasteiger partial charge in [-0.05, 0) is 81.3 Å². The molecule has 0 amide bonds. The van der Waals surface area contributed by atoms with Crippen LogP contribution in [0.25, 0.3) is 0 Å². The van der Waals surface area contributed by atoms with Crippen LogP contribution in [0.2, 0.25) is 0 Å². The Labute approximate surface area is 339 Å². The van der Waals surface area contributed by atoms with Crippen LogP contribution >= 0.6 is 0 Å². The van der Waals surface area contributed by atoms with Crippen LogP contribution in [0.1, 0.15) is 87.3 Å². The third-order valence-corrected chi connectivity index (χ3v) is 12.5. The molecule has 0 bridgehead atoms. The van der Waals surface area contributed by atoms with Crippen molar-refractivity contribution in [2.75, 3.05) is 40.9 Å². The summed E-state index contributed by atoms with van der Waals surface area (Å²) in [5.74, 6) is -2.68. The molecular weight excluding hydrogens is 739 g/mol. The van der Waals surface area contributed by atoms with E-state index in [4.69, 9.17) is 41.8 Å². The monoisotopic (exact) mass is 809 g/mol. The maximum Gasteiger partial charge on any atom is 0.311 e. The van der Waals surface area contributed by atoms with E-state index < -0.39 is 90.4 Å². The number of hydrogen-bond acceptors (Lipinski definition) is 16. The number of likely N-dealkylation sites (N-methyl/N-ethyl adjacent to an activating group) is 2. The van der Waals surface area contributed by atoms with Crippen LogP contribution in [-0.2, 0) is 39.6 Å². The highest BCUT2D eigenvalue weighted by atomic mass is 16.7. The van der Waals surface area contributed by atoms with E-state index in [1.807, 2.05) is 37.7 Å². The quantitative estimate of drug-likeness (QED) is 0.173. The lowest BCUT2D eigenvalue weighted by atomic mass is 9.77. The second kappa shape index (κ2) is 19.1. The summed E-state index contributed by atoms with van der Waals surface area (Å²) in [5.41, 5.74) is -3.44. The maximum atomic E-state index is 14.0. The van der Waals surface area contributed by atoms with Gasteiger partial charge in [0, 0.05) is 57.2 Å². The Kier molecular flexibility index (Phi) is 15.9. The lowest BCUT2D eigenvalue weighted by molar-refractivity contribution is -0.307. The van der Waals surface area contributed by atoms with Gasteiger partial charge in [-0.1, -0.05) is 19.1 Å². The molecule has 3 fully saturated rings. The Hall–Kier alpha value is -2.10. The van der Waals surface area contributed by atoms with Crippen molar-refractivity contribution in [3.8, 4) is 0 Å². The number of aliphatic hydroxyl groups is 4. The smallest absolute Gasteiger partial charge is 0.311 e. The van der Waals surface area contributed by atoms with Crippen LogP contribution in [0.15, 0.2) is 6.20 Å². The molecule has 0 aromatic carbocycles. The molecule has 1 aromatic heterocycles. The van der Waals surface area contributed by atoms with E-state index in [1.165, 1.54) is 14.0 Å². The zero-order valence-electron chi connectivity index (χ0n) is 36.0. The molecule has 0 unspecified atom stereocenters. The Bertz CT molecular complexity index is 1490. The summed E-state index contributed by atoms with van der Waals surface area (Å²) in [4.78, 5) is 17.9. The summed E-state index contributed by atoms with van der Waals surface area (Å²) in [6, 6.07) is -0.930. The van der Waals surface area contributed by atoms with Gasteiger partial charge in [-0.15, -0.1) is 5.10 Å². The van der Waals surface area contributed by atoms with Crippen LogP contribution in [0.4, 0.5) is 0 Å². The third-order valence-electron chi connectivity index (χ3n) is 12.5. The Morgan fingerprint density at radius 2 is 1.72 bits per heavy atom. The molecule has 0 aliphatic carbocycles. The van der Waals surface area contributed by atoms with Crippen molar-refractivity contribution in [3.05, 3.63) is 11.9 Å². The number of cyclic esters (lactones) is 1. The number of rotatable bonds is 9. The molecule has 4 rings (SSSR count). The van der Waals surface area contributed by atoms with Crippen molar-refractivity contribution in [1.82, 2.24) is 24.7 Å². The molecule has 0 spiro atoms. The summed E-state index contributed by atoms with van der Waals surface area (Å²) < 4.78 is 38.6. The second-order valence-electron chi connectivity index (χ2n) is 17.9. The van der Waals surface area contributed by atoms with Gasteiger partial charge in [-0.3, -0.25) is 4.79 Å². The fraction of sp³-hybridized carbons (Fsp3) is 0.897. The topological polar surface area (TPSA) is 214 Å². The summed E-state index contributed by atoms with van der Waals surface area (Å²) >= 11 is 0. The van der Waals surface area contributed by atoms with Crippen molar-refractivity contribution >= 4 is 19.7 Å². The molecule has 18 heteroatoms. The number of methoxy groups -OCH3 is 1. The van der Waals surface area contributed by atoms with E-state index in [1.54, 1.807) is 47.7 Å². The first-order chi connectivity index (χ1) is 26.4. The number of carbonyl (C=O) groups excluding carboxylic acids is 1. The summed E-state index contributed by atoms with van der Waals surface area (Å²) in [6.45, 7) is 16.2. The summed E-state index contributed by atoms with van der Waals surface area (Å²) in [6.07, 6.45) is -4.63. The predicted molar refractivity (Wildman–Crippen MR) is 211 cm³/mol. The molecule has 57 heavy (non-hydrogen) atoms. The van der Waals surface area contributed by atoms with Gasteiger partial charge < -0.3 is 68.6 Å². The predicted octanol–water partition coefficient (Wildman–Crippen LogP) is 0.917. The molecule has 17 nitrogen and oxygen atoms in total. The van der Waals surface area contributed by atoms with Gasteiger partial charge in [-0.2, -0.15) is 0 Å². The van der Waals surface area contributed by atoms with E-state index >= 15 is 0 Å². The number of ether oxygens (including phenoxy) is 6. The Balaban J connectivity index is 1.73. The SMILES string of the molecule is [B]n1cc(CCN(C)[C@H]2C[C@@H](C)O[C@@H](O[C@@H]3[C@H](C)[C@@H](O[C@H]4C[C@@](C)(OC)C(=N)[C@H](C)O4)[C@@H](C)C(=O)OC[C@@](C)(O)[C@H](O)[C@@H](C)N(C)C[C@H](C)C[C@@]3(C)O)[C@@H]2O)nn1. The van der Waals surface area contributed by atoms with Crippen LogP contribution in [0.3, 0.4) is 0 Å². The van der Waals surface area contributed by atoms with Crippen LogP contribution in [0.5, 0.6) is 0 Å². The van der Waals surface area contributed by atoms with Crippen LogP contribution < -0.4 is 0 Å². The number of nitrogens with zero attached hydrogens (tertiary/aromatic N) is 5. The standard InChI is InChI=1S/C39H69BN6O11/c1-21-16-37(7,50)34(57-36-30(47)28(15-22(2)54-36)44(10)14-13-27-19-46(40)43-42-27)23(3)31(56-29-17-39(9,52-12)32(41)26(6)55-29)24(4)35(49)53-20-38(8,51)33(48)25(5)45(11)18-21/h19,21-26,28-31,33-34,36,41,47-48,50-51H,13-18,20H2,1-12H3/t21-,22-,23-,24-,25-,26+,28+,29+,30-,31-,33-,34-,36+,37-,38-,39-/m1/s1. The Morgan fingerprint density at radius 3 is 2.33 bits per heavy atom. The molecule has 3 saturated heterocycles.